The zero-order valence-corrected chi connectivity index (χ0v) is 11.0. The lowest BCUT2D eigenvalue weighted by molar-refractivity contribution is -0.109. The summed E-state index contributed by atoms with van der Waals surface area (Å²) in [4.78, 5) is 11.3. The molecule has 1 nitrogen and oxygen atoms in total. The second-order valence-electron chi connectivity index (χ2n) is 4.39. The van der Waals surface area contributed by atoms with E-state index in [1.807, 2.05) is 55.5 Å². The van der Waals surface area contributed by atoms with E-state index >= 15 is 0 Å². The molecule has 0 fully saturated rings. The van der Waals surface area contributed by atoms with Crippen molar-refractivity contribution in [1.29, 1.82) is 0 Å². The topological polar surface area (TPSA) is 17.1 Å². The number of hydrogen-bond acceptors (Lipinski definition) is 1. The number of carbonyl (C=O) groups excluding carboxylic acids is 1. The van der Waals surface area contributed by atoms with Crippen molar-refractivity contribution in [2.45, 2.75) is 19.3 Å². The minimum absolute atomic E-state index is 0.133. The van der Waals surface area contributed by atoms with Gasteiger partial charge < -0.3 is 4.79 Å². The largest absolute Gasteiger partial charge is 0.303 e. The van der Waals surface area contributed by atoms with Crippen LogP contribution in [0.25, 0.3) is 0 Å². The van der Waals surface area contributed by atoms with Crippen LogP contribution in [0.2, 0.25) is 5.02 Å². The zero-order chi connectivity index (χ0) is 13.0. The summed E-state index contributed by atoms with van der Waals surface area (Å²) < 4.78 is 0. The monoisotopic (exact) mass is 258 g/mol. The van der Waals surface area contributed by atoms with Gasteiger partial charge in [0.1, 0.15) is 6.29 Å². The highest BCUT2D eigenvalue weighted by molar-refractivity contribution is 6.31. The van der Waals surface area contributed by atoms with Crippen LogP contribution in [0.3, 0.4) is 0 Å². The SMILES string of the molecule is Cc1ccccc1C(C=O)Cc1ccccc1Cl. The Hall–Kier alpha value is -1.60. The first-order valence-corrected chi connectivity index (χ1v) is 6.34. The van der Waals surface area contributed by atoms with Gasteiger partial charge in [-0.2, -0.15) is 0 Å². The van der Waals surface area contributed by atoms with E-state index in [1.54, 1.807) is 0 Å². The summed E-state index contributed by atoms with van der Waals surface area (Å²) in [7, 11) is 0. The molecule has 92 valence electrons. The Labute approximate surface area is 112 Å². The summed E-state index contributed by atoms with van der Waals surface area (Å²) in [5.74, 6) is -0.133. The number of hydrogen-bond donors (Lipinski definition) is 0. The van der Waals surface area contributed by atoms with Gasteiger partial charge in [-0.25, -0.2) is 0 Å². The maximum atomic E-state index is 11.3. The first kappa shape index (κ1) is 12.8. The summed E-state index contributed by atoms with van der Waals surface area (Å²) in [6.07, 6.45) is 1.65. The summed E-state index contributed by atoms with van der Waals surface area (Å²) in [6, 6.07) is 15.6. The minimum Gasteiger partial charge on any atom is -0.303 e. The molecule has 0 aliphatic heterocycles. The number of rotatable bonds is 4. The molecule has 0 aliphatic rings. The quantitative estimate of drug-likeness (QED) is 0.752. The number of aryl methyl sites for hydroxylation is 1. The third kappa shape index (κ3) is 2.80. The van der Waals surface area contributed by atoms with Crippen molar-refractivity contribution in [3.05, 3.63) is 70.2 Å². The molecule has 1 unspecified atom stereocenters. The van der Waals surface area contributed by atoms with Crippen molar-refractivity contribution in [2.24, 2.45) is 0 Å². The van der Waals surface area contributed by atoms with Gasteiger partial charge in [-0.3, -0.25) is 0 Å². The molecular formula is C16H15ClO. The van der Waals surface area contributed by atoms with E-state index in [2.05, 4.69) is 0 Å². The highest BCUT2D eigenvalue weighted by atomic mass is 35.5. The lowest BCUT2D eigenvalue weighted by Crippen LogP contribution is -2.06. The summed E-state index contributed by atoms with van der Waals surface area (Å²) in [6.45, 7) is 2.03. The molecule has 2 heteroatoms. The van der Waals surface area contributed by atoms with Gasteiger partial charge in [0.15, 0.2) is 0 Å². The first-order valence-electron chi connectivity index (χ1n) is 5.96. The third-order valence-corrected chi connectivity index (χ3v) is 3.52. The van der Waals surface area contributed by atoms with Gasteiger partial charge in [-0.05, 0) is 36.1 Å². The van der Waals surface area contributed by atoms with Crippen LogP contribution in [-0.4, -0.2) is 6.29 Å². The third-order valence-electron chi connectivity index (χ3n) is 3.15. The van der Waals surface area contributed by atoms with E-state index in [4.69, 9.17) is 11.6 Å². The van der Waals surface area contributed by atoms with Gasteiger partial charge in [-0.15, -0.1) is 0 Å². The normalized spacial score (nSPS) is 12.1. The second-order valence-corrected chi connectivity index (χ2v) is 4.80. The molecule has 0 N–H and O–H groups in total. The number of halogens is 1. The van der Waals surface area contributed by atoms with Crippen molar-refractivity contribution in [3.8, 4) is 0 Å². The van der Waals surface area contributed by atoms with E-state index < -0.39 is 0 Å². The van der Waals surface area contributed by atoms with Crippen LogP contribution in [0.4, 0.5) is 0 Å². The Kier molecular flexibility index (Phi) is 4.16. The minimum atomic E-state index is -0.133. The zero-order valence-electron chi connectivity index (χ0n) is 10.3. The van der Waals surface area contributed by atoms with E-state index in [0.29, 0.717) is 6.42 Å². The second kappa shape index (κ2) is 5.83. The van der Waals surface area contributed by atoms with Crippen LogP contribution < -0.4 is 0 Å². The standard InChI is InChI=1S/C16H15ClO/c1-12-6-2-4-8-15(12)14(11-18)10-13-7-3-5-9-16(13)17/h2-9,11,14H,10H2,1H3. The highest BCUT2D eigenvalue weighted by Gasteiger charge is 2.14. The number of benzene rings is 2. The molecule has 0 saturated carbocycles. The smallest absolute Gasteiger partial charge is 0.127 e. The Bertz CT molecular complexity index is 548. The lowest BCUT2D eigenvalue weighted by atomic mass is 9.90. The Morgan fingerprint density at radius 1 is 1.11 bits per heavy atom. The molecule has 0 aliphatic carbocycles. The van der Waals surface area contributed by atoms with Crippen molar-refractivity contribution >= 4 is 17.9 Å². The maximum absolute atomic E-state index is 11.3. The fraction of sp³-hybridized carbons (Fsp3) is 0.188. The lowest BCUT2D eigenvalue weighted by Gasteiger charge is -2.14. The molecular weight excluding hydrogens is 244 g/mol. The van der Waals surface area contributed by atoms with Crippen molar-refractivity contribution in [1.82, 2.24) is 0 Å². The van der Waals surface area contributed by atoms with Gasteiger partial charge in [0, 0.05) is 10.9 Å². The molecule has 0 saturated heterocycles. The van der Waals surface area contributed by atoms with Gasteiger partial charge in [-0.1, -0.05) is 54.1 Å². The Morgan fingerprint density at radius 3 is 2.44 bits per heavy atom. The Balaban J connectivity index is 2.29. The van der Waals surface area contributed by atoms with E-state index in [0.717, 1.165) is 28.0 Å². The summed E-state index contributed by atoms with van der Waals surface area (Å²) >= 11 is 6.14. The molecule has 0 amide bonds. The Morgan fingerprint density at radius 2 is 1.78 bits per heavy atom. The summed E-state index contributed by atoms with van der Waals surface area (Å²) in [5, 5.41) is 0.720. The van der Waals surface area contributed by atoms with Crippen LogP contribution in [-0.2, 0) is 11.2 Å². The summed E-state index contributed by atoms with van der Waals surface area (Å²) in [5.41, 5.74) is 3.23. The van der Waals surface area contributed by atoms with Crippen molar-refractivity contribution in [2.75, 3.05) is 0 Å². The average molecular weight is 259 g/mol. The fourth-order valence-corrected chi connectivity index (χ4v) is 2.35. The molecule has 2 aromatic rings. The molecule has 18 heavy (non-hydrogen) atoms. The molecule has 0 radical (unpaired) electrons. The fourth-order valence-electron chi connectivity index (χ4n) is 2.14. The molecule has 2 aromatic carbocycles. The van der Waals surface area contributed by atoms with Gasteiger partial charge in [0.25, 0.3) is 0 Å². The number of aldehydes is 1. The van der Waals surface area contributed by atoms with E-state index in [1.165, 1.54) is 0 Å². The predicted octanol–water partition coefficient (Wildman–Crippen LogP) is 4.17. The number of carbonyl (C=O) groups is 1. The molecule has 0 heterocycles. The van der Waals surface area contributed by atoms with Crippen LogP contribution in [0.5, 0.6) is 0 Å². The van der Waals surface area contributed by atoms with Gasteiger partial charge >= 0.3 is 0 Å². The van der Waals surface area contributed by atoms with Crippen LogP contribution in [0.1, 0.15) is 22.6 Å². The predicted molar refractivity (Wildman–Crippen MR) is 75.1 cm³/mol. The van der Waals surface area contributed by atoms with Crippen LogP contribution in [0, 0.1) is 6.92 Å². The molecule has 2 rings (SSSR count). The van der Waals surface area contributed by atoms with Crippen molar-refractivity contribution in [3.63, 3.8) is 0 Å². The van der Waals surface area contributed by atoms with Crippen LogP contribution in [0.15, 0.2) is 48.5 Å². The molecule has 0 bridgehead atoms. The van der Waals surface area contributed by atoms with Gasteiger partial charge in [0.05, 0.1) is 0 Å². The molecule has 0 aromatic heterocycles. The van der Waals surface area contributed by atoms with E-state index in [9.17, 15) is 4.79 Å². The van der Waals surface area contributed by atoms with Crippen LogP contribution >= 0.6 is 11.6 Å². The first-order chi connectivity index (χ1) is 8.72. The average Bonchev–Trinajstić information content (AvgIpc) is 2.39. The maximum Gasteiger partial charge on any atom is 0.127 e. The molecule has 1 atom stereocenters. The molecule has 0 spiro atoms. The highest BCUT2D eigenvalue weighted by Crippen LogP contribution is 2.25. The van der Waals surface area contributed by atoms with E-state index in [-0.39, 0.29) is 5.92 Å². The van der Waals surface area contributed by atoms with Gasteiger partial charge in [0.2, 0.25) is 0 Å². The van der Waals surface area contributed by atoms with Crippen molar-refractivity contribution < 1.29 is 4.79 Å².